The van der Waals surface area contributed by atoms with Crippen molar-refractivity contribution in [3.8, 4) is 0 Å². The minimum absolute atomic E-state index is 0.144. The summed E-state index contributed by atoms with van der Waals surface area (Å²) in [6.45, 7) is 8.54. The van der Waals surface area contributed by atoms with Crippen LogP contribution in [0.4, 0.5) is 0 Å². The first-order chi connectivity index (χ1) is 8.47. The van der Waals surface area contributed by atoms with Crippen LogP contribution in [0.2, 0.25) is 0 Å². The zero-order valence-electron chi connectivity index (χ0n) is 12.0. The van der Waals surface area contributed by atoms with Gasteiger partial charge in [0, 0.05) is 13.0 Å². The van der Waals surface area contributed by atoms with Crippen molar-refractivity contribution < 1.29 is 9.53 Å². The molecule has 0 aliphatic carbocycles. The van der Waals surface area contributed by atoms with Crippen molar-refractivity contribution in [2.24, 2.45) is 17.6 Å². The highest BCUT2D eigenvalue weighted by Gasteiger charge is 2.31. The van der Waals surface area contributed by atoms with Gasteiger partial charge in [-0.05, 0) is 44.6 Å². The molecule has 4 heteroatoms. The van der Waals surface area contributed by atoms with Crippen LogP contribution in [0.5, 0.6) is 0 Å². The molecule has 106 valence electrons. The molecule has 0 bridgehead atoms. The molecule has 1 aliphatic heterocycles. The number of nitrogens with two attached hydrogens (primary N) is 1. The molecular weight excluding hydrogens is 228 g/mol. The highest BCUT2D eigenvalue weighted by atomic mass is 16.5. The van der Waals surface area contributed by atoms with E-state index in [0.717, 1.165) is 25.9 Å². The molecular formula is C14H28N2O2. The van der Waals surface area contributed by atoms with Crippen LogP contribution in [-0.4, -0.2) is 31.2 Å². The van der Waals surface area contributed by atoms with Crippen molar-refractivity contribution in [3.63, 3.8) is 0 Å². The van der Waals surface area contributed by atoms with Crippen molar-refractivity contribution in [1.29, 1.82) is 0 Å². The quantitative estimate of drug-likeness (QED) is 0.728. The van der Waals surface area contributed by atoms with Crippen LogP contribution in [-0.2, 0) is 9.53 Å². The van der Waals surface area contributed by atoms with Gasteiger partial charge in [-0.15, -0.1) is 0 Å². The molecule has 18 heavy (non-hydrogen) atoms. The summed E-state index contributed by atoms with van der Waals surface area (Å²) in [5.41, 5.74) is 5.46. The van der Waals surface area contributed by atoms with E-state index in [1.165, 1.54) is 0 Å². The maximum Gasteiger partial charge on any atom is 0.220 e. The number of carbonyl (C=O) groups is 1. The van der Waals surface area contributed by atoms with Crippen LogP contribution in [0.3, 0.4) is 0 Å². The summed E-state index contributed by atoms with van der Waals surface area (Å²) in [4.78, 5) is 11.9. The van der Waals surface area contributed by atoms with Gasteiger partial charge in [-0.1, -0.05) is 13.8 Å². The summed E-state index contributed by atoms with van der Waals surface area (Å²) in [5, 5.41) is 3.10. The first-order valence-electron chi connectivity index (χ1n) is 7.05. The third kappa shape index (κ3) is 4.94. The van der Waals surface area contributed by atoms with Gasteiger partial charge in [0.25, 0.3) is 0 Å². The van der Waals surface area contributed by atoms with Crippen molar-refractivity contribution in [2.75, 3.05) is 19.8 Å². The van der Waals surface area contributed by atoms with Gasteiger partial charge in [0.15, 0.2) is 0 Å². The van der Waals surface area contributed by atoms with Gasteiger partial charge in [-0.25, -0.2) is 0 Å². The Kier molecular flexibility index (Phi) is 6.09. The summed E-state index contributed by atoms with van der Waals surface area (Å²) < 4.78 is 5.33. The predicted molar refractivity (Wildman–Crippen MR) is 73.2 cm³/mol. The van der Waals surface area contributed by atoms with Crippen LogP contribution in [0.1, 0.15) is 46.5 Å². The molecule has 0 aromatic carbocycles. The van der Waals surface area contributed by atoms with Gasteiger partial charge < -0.3 is 15.8 Å². The van der Waals surface area contributed by atoms with Crippen molar-refractivity contribution in [3.05, 3.63) is 0 Å². The van der Waals surface area contributed by atoms with E-state index < -0.39 is 0 Å². The Bertz CT molecular complexity index is 261. The second kappa shape index (κ2) is 7.10. The minimum atomic E-state index is -0.154. The number of amides is 1. The van der Waals surface area contributed by atoms with Gasteiger partial charge >= 0.3 is 0 Å². The molecule has 2 atom stereocenters. The van der Waals surface area contributed by atoms with Gasteiger partial charge in [0.2, 0.25) is 5.91 Å². The SMILES string of the molecule is CC(C)C(CCN)CCC(=O)NC1(C)CCOC1. The topological polar surface area (TPSA) is 64.4 Å². The molecule has 1 heterocycles. The van der Waals surface area contributed by atoms with E-state index in [1.54, 1.807) is 0 Å². The fraction of sp³-hybridized carbons (Fsp3) is 0.929. The Hall–Kier alpha value is -0.610. The Morgan fingerprint density at radius 2 is 2.17 bits per heavy atom. The summed E-state index contributed by atoms with van der Waals surface area (Å²) in [6.07, 6.45) is 3.44. The van der Waals surface area contributed by atoms with Crippen molar-refractivity contribution in [2.45, 2.75) is 52.0 Å². The Morgan fingerprint density at radius 1 is 1.44 bits per heavy atom. The van der Waals surface area contributed by atoms with Gasteiger partial charge in [-0.3, -0.25) is 4.79 Å². The molecule has 1 fully saturated rings. The van der Waals surface area contributed by atoms with E-state index in [2.05, 4.69) is 26.1 Å². The van der Waals surface area contributed by atoms with E-state index in [1.807, 2.05) is 0 Å². The first kappa shape index (κ1) is 15.4. The summed E-state index contributed by atoms with van der Waals surface area (Å²) in [5.74, 6) is 1.28. The van der Waals surface area contributed by atoms with Gasteiger partial charge in [0.1, 0.15) is 0 Å². The van der Waals surface area contributed by atoms with Crippen LogP contribution in [0.25, 0.3) is 0 Å². The summed E-state index contributed by atoms with van der Waals surface area (Å²) >= 11 is 0. The molecule has 3 N–H and O–H groups in total. The molecule has 0 radical (unpaired) electrons. The number of rotatable bonds is 7. The zero-order valence-corrected chi connectivity index (χ0v) is 12.0. The van der Waals surface area contributed by atoms with Crippen LogP contribution in [0, 0.1) is 11.8 Å². The molecule has 1 rings (SSSR count). The van der Waals surface area contributed by atoms with Gasteiger partial charge in [0.05, 0.1) is 12.1 Å². The normalized spacial score (nSPS) is 25.4. The standard InChI is InChI=1S/C14H28N2O2/c1-11(2)12(6-8-15)4-5-13(17)16-14(3)7-9-18-10-14/h11-12H,4-10,15H2,1-3H3,(H,16,17). The molecule has 2 unspecified atom stereocenters. The maximum absolute atomic E-state index is 11.9. The van der Waals surface area contributed by atoms with E-state index in [4.69, 9.17) is 10.5 Å². The van der Waals surface area contributed by atoms with Gasteiger partial charge in [-0.2, -0.15) is 0 Å². The lowest BCUT2D eigenvalue weighted by atomic mass is 9.88. The first-order valence-corrected chi connectivity index (χ1v) is 7.05. The molecule has 1 aliphatic rings. The number of ether oxygens (including phenoxy) is 1. The zero-order chi connectivity index (χ0) is 13.6. The molecule has 0 aromatic rings. The maximum atomic E-state index is 11.9. The predicted octanol–water partition coefficient (Wildman–Crippen LogP) is 1.68. The van der Waals surface area contributed by atoms with Crippen LogP contribution in [0.15, 0.2) is 0 Å². The average Bonchev–Trinajstić information content (AvgIpc) is 2.70. The second-order valence-corrected chi connectivity index (χ2v) is 6.03. The Morgan fingerprint density at radius 3 is 2.67 bits per heavy atom. The highest BCUT2D eigenvalue weighted by Crippen LogP contribution is 2.21. The Labute approximate surface area is 111 Å². The molecule has 0 spiro atoms. The second-order valence-electron chi connectivity index (χ2n) is 6.03. The molecule has 4 nitrogen and oxygen atoms in total. The smallest absolute Gasteiger partial charge is 0.220 e. The van der Waals surface area contributed by atoms with Crippen molar-refractivity contribution in [1.82, 2.24) is 5.32 Å². The molecule has 0 aromatic heterocycles. The minimum Gasteiger partial charge on any atom is -0.379 e. The lowest BCUT2D eigenvalue weighted by Crippen LogP contribution is -2.46. The fourth-order valence-electron chi connectivity index (χ4n) is 2.51. The number of carbonyl (C=O) groups excluding carboxylic acids is 1. The number of hydrogen-bond donors (Lipinski definition) is 2. The van der Waals surface area contributed by atoms with E-state index in [0.29, 0.717) is 31.4 Å². The summed E-state index contributed by atoms with van der Waals surface area (Å²) in [6, 6.07) is 0. The monoisotopic (exact) mass is 256 g/mol. The fourth-order valence-corrected chi connectivity index (χ4v) is 2.51. The van der Waals surface area contributed by atoms with Crippen LogP contribution < -0.4 is 11.1 Å². The number of hydrogen-bond acceptors (Lipinski definition) is 3. The average molecular weight is 256 g/mol. The third-order valence-corrected chi connectivity index (χ3v) is 3.88. The third-order valence-electron chi connectivity index (χ3n) is 3.88. The van der Waals surface area contributed by atoms with Crippen molar-refractivity contribution >= 4 is 5.91 Å². The molecule has 1 saturated heterocycles. The Balaban J connectivity index is 2.31. The summed E-state index contributed by atoms with van der Waals surface area (Å²) in [7, 11) is 0. The molecule has 1 amide bonds. The molecule has 0 saturated carbocycles. The van der Waals surface area contributed by atoms with E-state index in [-0.39, 0.29) is 11.4 Å². The lowest BCUT2D eigenvalue weighted by molar-refractivity contribution is -0.123. The lowest BCUT2D eigenvalue weighted by Gasteiger charge is -2.25. The number of nitrogens with one attached hydrogen (secondary N) is 1. The largest absolute Gasteiger partial charge is 0.379 e. The van der Waals surface area contributed by atoms with E-state index >= 15 is 0 Å². The van der Waals surface area contributed by atoms with Crippen LogP contribution >= 0.6 is 0 Å². The van der Waals surface area contributed by atoms with E-state index in [9.17, 15) is 4.79 Å². The highest BCUT2D eigenvalue weighted by molar-refractivity contribution is 5.76.